The maximum Gasteiger partial charge on any atom is 0.241 e. The number of hydrogen-bond donors (Lipinski definition) is 2. The summed E-state index contributed by atoms with van der Waals surface area (Å²) in [5, 5.41) is 2.55. The number of carbonyl (C=O) groups is 1. The van der Waals surface area contributed by atoms with Gasteiger partial charge in [-0.25, -0.2) is 17.5 Å². The quantitative estimate of drug-likeness (QED) is 0.804. The molecule has 0 aliphatic heterocycles. The van der Waals surface area contributed by atoms with Gasteiger partial charge in [0, 0.05) is 6.54 Å². The Morgan fingerprint density at radius 3 is 2.35 bits per heavy atom. The summed E-state index contributed by atoms with van der Waals surface area (Å²) >= 11 is 0. The monoisotopic (exact) mass is 336 g/mol. The molecule has 0 unspecified atom stereocenters. The van der Waals surface area contributed by atoms with Crippen LogP contribution in [-0.4, -0.2) is 27.4 Å². The molecule has 0 aliphatic carbocycles. The lowest BCUT2D eigenvalue weighted by molar-refractivity contribution is -0.119. The van der Waals surface area contributed by atoms with Crippen molar-refractivity contribution in [2.75, 3.05) is 13.1 Å². The van der Waals surface area contributed by atoms with Crippen molar-refractivity contribution >= 4 is 15.9 Å². The summed E-state index contributed by atoms with van der Waals surface area (Å²) in [4.78, 5) is 11.8. The predicted molar refractivity (Wildman–Crippen MR) is 84.7 cm³/mol. The number of hydrogen-bond acceptors (Lipinski definition) is 3. The zero-order valence-electron chi connectivity index (χ0n) is 12.3. The molecule has 0 saturated carbocycles. The van der Waals surface area contributed by atoms with Crippen LogP contribution in [0.15, 0.2) is 59.5 Å². The Bertz CT molecular complexity index is 764. The Morgan fingerprint density at radius 2 is 1.65 bits per heavy atom. The molecule has 0 aromatic heterocycles. The van der Waals surface area contributed by atoms with Crippen molar-refractivity contribution in [1.29, 1.82) is 0 Å². The number of halogens is 1. The number of nitrogens with one attached hydrogen (secondary N) is 2. The molecule has 2 N–H and O–H groups in total. The van der Waals surface area contributed by atoms with Gasteiger partial charge in [0.25, 0.3) is 0 Å². The topological polar surface area (TPSA) is 75.3 Å². The molecule has 2 aromatic rings. The lowest BCUT2D eigenvalue weighted by Crippen LogP contribution is -2.37. The minimum absolute atomic E-state index is 0.0964. The van der Waals surface area contributed by atoms with Gasteiger partial charge in [-0.1, -0.05) is 36.4 Å². The van der Waals surface area contributed by atoms with Crippen LogP contribution in [0.4, 0.5) is 4.39 Å². The number of benzene rings is 2. The molecule has 23 heavy (non-hydrogen) atoms. The zero-order valence-corrected chi connectivity index (χ0v) is 13.1. The van der Waals surface area contributed by atoms with Crippen molar-refractivity contribution in [2.24, 2.45) is 0 Å². The number of amides is 1. The second kappa shape index (κ2) is 7.85. The van der Waals surface area contributed by atoms with E-state index in [-0.39, 0.29) is 23.8 Å². The van der Waals surface area contributed by atoms with Crippen LogP contribution in [0.1, 0.15) is 5.56 Å². The van der Waals surface area contributed by atoms with E-state index in [9.17, 15) is 17.6 Å². The van der Waals surface area contributed by atoms with Crippen LogP contribution < -0.4 is 10.0 Å². The zero-order chi connectivity index (χ0) is 16.7. The number of rotatable bonds is 7. The van der Waals surface area contributed by atoms with Crippen LogP contribution in [0.2, 0.25) is 0 Å². The molecule has 0 bridgehead atoms. The first-order valence-corrected chi connectivity index (χ1v) is 8.52. The lowest BCUT2D eigenvalue weighted by Gasteiger charge is -2.08. The lowest BCUT2D eigenvalue weighted by atomic mass is 10.1. The van der Waals surface area contributed by atoms with Crippen LogP contribution in [-0.2, 0) is 21.2 Å². The summed E-state index contributed by atoms with van der Waals surface area (Å²) in [6.07, 6.45) is 0.337. The Balaban J connectivity index is 1.78. The van der Waals surface area contributed by atoms with Gasteiger partial charge in [-0.05, 0) is 30.2 Å². The van der Waals surface area contributed by atoms with Crippen molar-refractivity contribution in [3.05, 3.63) is 66.0 Å². The van der Waals surface area contributed by atoms with Crippen LogP contribution in [0.5, 0.6) is 0 Å². The van der Waals surface area contributed by atoms with E-state index in [0.29, 0.717) is 12.0 Å². The third kappa shape index (κ3) is 5.15. The molecule has 2 aromatic carbocycles. The van der Waals surface area contributed by atoms with Gasteiger partial charge in [-0.3, -0.25) is 4.79 Å². The molecule has 7 heteroatoms. The van der Waals surface area contributed by atoms with Gasteiger partial charge in [-0.2, -0.15) is 0 Å². The molecule has 0 spiro atoms. The van der Waals surface area contributed by atoms with Crippen molar-refractivity contribution in [3.63, 3.8) is 0 Å². The average Bonchev–Trinajstić information content (AvgIpc) is 2.56. The molecular weight excluding hydrogens is 319 g/mol. The van der Waals surface area contributed by atoms with E-state index in [1.165, 1.54) is 18.2 Å². The fourth-order valence-electron chi connectivity index (χ4n) is 1.94. The van der Waals surface area contributed by atoms with Crippen LogP contribution in [0.25, 0.3) is 0 Å². The second-order valence-corrected chi connectivity index (χ2v) is 6.60. The smallest absolute Gasteiger partial charge is 0.241 e. The maximum atomic E-state index is 13.4. The highest BCUT2D eigenvalue weighted by atomic mass is 32.2. The third-order valence-electron chi connectivity index (χ3n) is 3.15. The van der Waals surface area contributed by atoms with Crippen molar-refractivity contribution in [3.8, 4) is 0 Å². The van der Waals surface area contributed by atoms with Gasteiger partial charge in [-0.15, -0.1) is 0 Å². The van der Waals surface area contributed by atoms with Gasteiger partial charge >= 0.3 is 0 Å². The Morgan fingerprint density at radius 1 is 1.00 bits per heavy atom. The molecule has 1 amide bonds. The Kier molecular flexibility index (Phi) is 5.84. The standard InChI is InChI=1S/C16H17FN2O3S/c17-15-9-5-4-6-13(15)10-11-18-16(20)12-19-23(21,22)14-7-2-1-3-8-14/h1-9,19H,10-12H2,(H,18,20). The van der Waals surface area contributed by atoms with Gasteiger partial charge in [0.05, 0.1) is 11.4 Å². The molecule has 2 rings (SSSR count). The predicted octanol–water partition coefficient (Wildman–Crippen LogP) is 1.46. The normalized spacial score (nSPS) is 11.2. The summed E-state index contributed by atoms with van der Waals surface area (Å²) < 4.78 is 39.5. The molecule has 0 atom stereocenters. The van der Waals surface area contributed by atoms with Gasteiger partial charge in [0.1, 0.15) is 5.82 Å². The molecule has 122 valence electrons. The molecular formula is C16H17FN2O3S. The van der Waals surface area contributed by atoms with Crippen molar-refractivity contribution in [1.82, 2.24) is 10.0 Å². The van der Waals surface area contributed by atoms with E-state index in [4.69, 9.17) is 0 Å². The number of carbonyl (C=O) groups excluding carboxylic acids is 1. The van der Waals surface area contributed by atoms with Gasteiger partial charge in [0.2, 0.25) is 15.9 Å². The van der Waals surface area contributed by atoms with E-state index in [1.807, 2.05) is 0 Å². The summed E-state index contributed by atoms with van der Waals surface area (Å²) in [6, 6.07) is 14.1. The summed E-state index contributed by atoms with van der Waals surface area (Å²) in [5.41, 5.74) is 0.498. The van der Waals surface area contributed by atoms with Crippen molar-refractivity contribution in [2.45, 2.75) is 11.3 Å². The van der Waals surface area contributed by atoms with Crippen LogP contribution in [0, 0.1) is 5.82 Å². The molecule has 0 fully saturated rings. The fraction of sp³-hybridized carbons (Fsp3) is 0.188. The largest absolute Gasteiger partial charge is 0.355 e. The molecule has 0 heterocycles. The Labute approximate surface area is 134 Å². The van der Waals surface area contributed by atoms with Crippen molar-refractivity contribution < 1.29 is 17.6 Å². The molecule has 5 nitrogen and oxygen atoms in total. The van der Waals surface area contributed by atoms with Gasteiger partial charge in [0.15, 0.2) is 0 Å². The maximum absolute atomic E-state index is 13.4. The minimum Gasteiger partial charge on any atom is -0.355 e. The average molecular weight is 336 g/mol. The highest BCUT2D eigenvalue weighted by Crippen LogP contribution is 2.07. The highest BCUT2D eigenvalue weighted by Gasteiger charge is 2.14. The van der Waals surface area contributed by atoms with E-state index >= 15 is 0 Å². The third-order valence-corrected chi connectivity index (χ3v) is 4.57. The first-order valence-electron chi connectivity index (χ1n) is 7.04. The molecule has 0 saturated heterocycles. The molecule has 0 aliphatic rings. The summed E-state index contributed by atoms with van der Waals surface area (Å²) in [5.74, 6) is -0.799. The molecule has 0 radical (unpaired) electrons. The van der Waals surface area contributed by atoms with E-state index in [1.54, 1.807) is 36.4 Å². The minimum atomic E-state index is -3.71. The van der Waals surface area contributed by atoms with Crippen LogP contribution >= 0.6 is 0 Å². The first kappa shape index (κ1) is 17.1. The number of sulfonamides is 1. The summed E-state index contributed by atoms with van der Waals surface area (Å²) in [6.45, 7) is -0.138. The first-order chi connectivity index (χ1) is 11.0. The second-order valence-electron chi connectivity index (χ2n) is 4.83. The Hall–Kier alpha value is -2.25. The summed E-state index contributed by atoms with van der Waals surface area (Å²) in [7, 11) is -3.71. The van der Waals surface area contributed by atoms with Gasteiger partial charge < -0.3 is 5.32 Å². The van der Waals surface area contributed by atoms with E-state index < -0.39 is 15.9 Å². The fourth-order valence-corrected chi connectivity index (χ4v) is 2.95. The van der Waals surface area contributed by atoms with E-state index in [2.05, 4.69) is 10.0 Å². The van der Waals surface area contributed by atoms with E-state index in [0.717, 1.165) is 0 Å². The SMILES string of the molecule is O=C(CNS(=O)(=O)c1ccccc1)NCCc1ccccc1F. The highest BCUT2D eigenvalue weighted by molar-refractivity contribution is 7.89. The van der Waals surface area contributed by atoms with Crippen LogP contribution in [0.3, 0.4) is 0 Å².